The third kappa shape index (κ3) is 2.51. The Morgan fingerprint density at radius 3 is 2.90 bits per heavy atom. The molecule has 3 N–H and O–H groups in total. The molecule has 2 aromatic rings. The molecule has 0 aromatic carbocycles. The number of aryl methyl sites for hydroxylation is 1. The molecular formula is C13H14BrN5O2. The molecular weight excluding hydrogens is 338 g/mol. The highest BCUT2D eigenvalue weighted by atomic mass is 79.9. The number of fused-ring (bicyclic) bond motifs is 1. The zero-order valence-corrected chi connectivity index (χ0v) is 12.9. The molecule has 2 heterocycles. The molecule has 0 bridgehead atoms. The van der Waals surface area contributed by atoms with Crippen molar-refractivity contribution in [1.29, 1.82) is 0 Å². The van der Waals surface area contributed by atoms with Crippen LogP contribution in [0.25, 0.3) is 11.0 Å². The number of nitrogens with one attached hydrogen (secondary N) is 1. The summed E-state index contributed by atoms with van der Waals surface area (Å²) in [5, 5.41) is 3.94. The van der Waals surface area contributed by atoms with Gasteiger partial charge in [0.05, 0.1) is 4.47 Å². The molecule has 1 fully saturated rings. The van der Waals surface area contributed by atoms with Crippen LogP contribution in [-0.2, 0) is 11.8 Å². The minimum atomic E-state index is -0.264. The molecule has 110 valence electrons. The quantitative estimate of drug-likeness (QED) is 0.849. The Balaban J connectivity index is 1.85. The first kappa shape index (κ1) is 14.0. The fourth-order valence-electron chi connectivity index (χ4n) is 2.43. The average Bonchev–Trinajstić information content (AvgIpc) is 2.40. The Morgan fingerprint density at radius 1 is 1.52 bits per heavy atom. The van der Waals surface area contributed by atoms with E-state index in [4.69, 9.17) is 5.73 Å². The van der Waals surface area contributed by atoms with E-state index in [1.807, 2.05) is 0 Å². The summed E-state index contributed by atoms with van der Waals surface area (Å²) in [7, 11) is 1.67. The van der Waals surface area contributed by atoms with Gasteiger partial charge in [-0.3, -0.25) is 14.2 Å². The highest BCUT2D eigenvalue weighted by Gasteiger charge is 2.33. The van der Waals surface area contributed by atoms with Gasteiger partial charge in [-0.1, -0.05) is 0 Å². The van der Waals surface area contributed by atoms with Gasteiger partial charge in [-0.2, -0.15) is 4.98 Å². The van der Waals surface area contributed by atoms with Gasteiger partial charge in [-0.05, 0) is 34.8 Å². The molecule has 8 heteroatoms. The standard InChI is InChI=1S/C13H14BrN5O2/c1-19-11-7(4-9(14)12(19)21)5-16-13(18-11)17-8-2-6(3-8)10(15)20/h4-6,8H,2-3H2,1H3,(H2,15,20)(H,16,17,18). The minimum Gasteiger partial charge on any atom is -0.369 e. The monoisotopic (exact) mass is 351 g/mol. The lowest BCUT2D eigenvalue weighted by Crippen LogP contribution is -2.42. The predicted molar refractivity (Wildman–Crippen MR) is 81.8 cm³/mol. The van der Waals surface area contributed by atoms with Crippen molar-refractivity contribution in [3.63, 3.8) is 0 Å². The van der Waals surface area contributed by atoms with Crippen LogP contribution in [0.4, 0.5) is 5.95 Å². The zero-order valence-electron chi connectivity index (χ0n) is 11.3. The van der Waals surface area contributed by atoms with Crippen LogP contribution in [0.15, 0.2) is 21.5 Å². The third-order valence-electron chi connectivity index (χ3n) is 3.78. The molecule has 0 radical (unpaired) electrons. The van der Waals surface area contributed by atoms with Crippen LogP contribution in [-0.4, -0.2) is 26.5 Å². The average molecular weight is 352 g/mol. The second-order valence-electron chi connectivity index (χ2n) is 5.24. The molecule has 1 aliphatic carbocycles. The lowest BCUT2D eigenvalue weighted by Gasteiger charge is -2.33. The number of halogens is 1. The maximum absolute atomic E-state index is 11.9. The molecule has 1 amide bonds. The summed E-state index contributed by atoms with van der Waals surface area (Å²) >= 11 is 3.22. The molecule has 0 aliphatic heterocycles. The Morgan fingerprint density at radius 2 is 2.24 bits per heavy atom. The van der Waals surface area contributed by atoms with Crippen molar-refractivity contribution >= 4 is 38.8 Å². The summed E-state index contributed by atoms with van der Waals surface area (Å²) in [4.78, 5) is 31.5. The number of nitrogens with zero attached hydrogens (tertiary/aromatic N) is 3. The maximum atomic E-state index is 11.9. The Kier molecular flexibility index (Phi) is 3.40. The number of carbonyl (C=O) groups excluding carboxylic acids is 1. The van der Waals surface area contributed by atoms with Gasteiger partial charge in [0.1, 0.15) is 5.65 Å². The number of primary amides is 1. The number of aromatic nitrogens is 3. The fraction of sp³-hybridized carbons (Fsp3) is 0.385. The second kappa shape index (κ2) is 5.10. The molecule has 0 saturated heterocycles. The molecule has 3 rings (SSSR count). The minimum absolute atomic E-state index is 0.0664. The van der Waals surface area contributed by atoms with Crippen LogP contribution in [0.5, 0.6) is 0 Å². The van der Waals surface area contributed by atoms with Gasteiger partial charge >= 0.3 is 0 Å². The largest absolute Gasteiger partial charge is 0.369 e. The van der Waals surface area contributed by atoms with E-state index in [2.05, 4.69) is 31.2 Å². The predicted octanol–water partition coefficient (Wildman–Crippen LogP) is 0.767. The molecule has 7 nitrogen and oxygen atoms in total. The van der Waals surface area contributed by atoms with E-state index < -0.39 is 0 Å². The lowest BCUT2D eigenvalue weighted by molar-refractivity contribution is -0.124. The van der Waals surface area contributed by atoms with Crippen LogP contribution in [0, 0.1) is 5.92 Å². The molecule has 1 aliphatic rings. The maximum Gasteiger partial charge on any atom is 0.266 e. The first-order valence-corrected chi connectivity index (χ1v) is 7.33. The van der Waals surface area contributed by atoms with Crippen molar-refractivity contribution in [1.82, 2.24) is 14.5 Å². The molecule has 21 heavy (non-hydrogen) atoms. The van der Waals surface area contributed by atoms with Gasteiger partial charge < -0.3 is 11.1 Å². The van der Waals surface area contributed by atoms with E-state index in [1.54, 1.807) is 19.3 Å². The summed E-state index contributed by atoms with van der Waals surface area (Å²) in [5.41, 5.74) is 5.65. The normalized spacial score (nSPS) is 21.0. The number of amides is 1. The van der Waals surface area contributed by atoms with Crippen LogP contribution in [0.3, 0.4) is 0 Å². The van der Waals surface area contributed by atoms with Gasteiger partial charge in [-0.25, -0.2) is 4.98 Å². The van der Waals surface area contributed by atoms with E-state index in [0.717, 1.165) is 5.39 Å². The van der Waals surface area contributed by atoms with Crippen molar-refractivity contribution < 1.29 is 4.79 Å². The highest BCUT2D eigenvalue weighted by Crippen LogP contribution is 2.29. The summed E-state index contributed by atoms with van der Waals surface area (Å²) in [6.07, 6.45) is 3.05. The van der Waals surface area contributed by atoms with E-state index in [0.29, 0.717) is 28.9 Å². The van der Waals surface area contributed by atoms with Gasteiger partial charge in [0.2, 0.25) is 11.9 Å². The number of nitrogens with two attached hydrogens (primary N) is 1. The van der Waals surface area contributed by atoms with E-state index in [-0.39, 0.29) is 23.4 Å². The van der Waals surface area contributed by atoms with Gasteiger partial charge in [0.25, 0.3) is 5.56 Å². The number of carbonyl (C=O) groups is 1. The van der Waals surface area contributed by atoms with Crippen LogP contribution in [0.2, 0.25) is 0 Å². The first-order valence-electron chi connectivity index (χ1n) is 6.54. The summed E-state index contributed by atoms with van der Waals surface area (Å²) in [5.74, 6) is 0.121. The molecule has 2 aromatic heterocycles. The SMILES string of the molecule is Cn1c(=O)c(Br)cc2cnc(NC3CC(C(N)=O)C3)nc21. The lowest BCUT2D eigenvalue weighted by atomic mass is 9.80. The van der Waals surface area contributed by atoms with Crippen LogP contribution in [0.1, 0.15) is 12.8 Å². The van der Waals surface area contributed by atoms with Gasteiger partial charge in [0.15, 0.2) is 0 Å². The zero-order chi connectivity index (χ0) is 15.1. The van der Waals surface area contributed by atoms with E-state index >= 15 is 0 Å². The number of anilines is 1. The van der Waals surface area contributed by atoms with Crippen molar-refractivity contribution in [3.8, 4) is 0 Å². The number of hydrogen-bond donors (Lipinski definition) is 2. The summed E-state index contributed by atoms with van der Waals surface area (Å²) in [6, 6.07) is 1.85. The smallest absolute Gasteiger partial charge is 0.266 e. The third-order valence-corrected chi connectivity index (χ3v) is 4.35. The number of hydrogen-bond acceptors (Lipinski definition) is 5. The van der Waals surface area contributed by atoms with E-state index in [9.17, 15) is 9.59 Å². The summed E-state index contributed by atoms with van der Waals surface area (Å²) < 4.78 is 1.95. The number of rotatable bonds is 3. The molecule has 1 saturated carbocycles. The Bertz CT molecular complexity index is 782. The Labute approximate surface area is 128 Å². The summed E-state index contributed by atoms with van der Waals surface area (Å²) in [6.45, 7) is 0. The van der Waals surface area contributed by atoms with Crippen molar-refractivity contribution in [2.24, 2.45) is 18.7 Å². The topological polar surface area (TPSA) is 103 Å². The van der Waals surface area contributed by atoms with Gasteiger partial charge in [0, 0.05) is 30.6 Å². The van der Waals surface area contributed by atoms with Crippen LogP contribution >= 0.6 is 15.9 Å². The van der Waals surface area contributed by atoms with Crippen molar-refractivity contribution in [2.45, 2.75) is 18.9 Å². The first-order chi connectivity index (χ1) is 9.95. The second-order valence-corrected chi connectivity index (χ2v) is 6.10. The van der Waals surface area contributed by atoms with Crippen LogP contribution < -0.4 is 16.6 Å². The van der Waals surface area contributed by atoms with E-state index in [1.165, 1.54) is 4.57 Å². The molecule has 0 spiro atoms. The molecule has 0 atom stereocenters. The Hall–Kier alpha value is -1.96. The van der Waals surface area contributed by atoms with Crippen molar-refractivity contribution in [3.05, 3.63) is 27.1 Å². The van der Waals surface area contributed by atoms with Gasteiger partial charge in [-0.15, -0.1) is 0 Å². The highest BCUT2D eigenvalue weighted by molar-refractivity contribution is 9.10. The number of pyridine rings is 1. The molecule has 0 unspecified atom stereocenters. The van der Waals surface area contributed by atoms with Crippen molar-refractivity contribution in [2.75, 3.05) is 5.32 Å². The fourth-order valence-corrected chi connectivity index (χ4v) is 2.94.